The van der Waals surface area contributed by atoms with Gasteiger partial charge in [0.05, 0.1) is 31.0 Å². The van der Waals surface area contributed by atoms with Crippen LogP contribution in [0.3, 0.4) is 0 Å². The molecule has 0 radical (unpaired) electrons. The van der Waals surface area contributed by atoms with Crippen LogP contribution in [0.25, 0.3) is 10.9 Å². The van der Waals surface area contributed by atoms with E-state index >= 15 is 0 Å². The highest BCUT2D eigenvalue weighted by Gasteiger charge is 2.23. The fourth-order valence-corrected chi connectivity index (χ4v) is 3.49. The smallest absolute Gasteiger partial charge is 0.292 e. The Morgan fingerprint density at radius 2 is 1.80 bits per heavy atom. The van der Waals surface area contributed by atoms with E-state index in [1.165, 1.54) is 0 Å². The first-order chi connectivity index (χ1) is 14.6. The van der Waals surface area contributed by atoms with Gasteiger partial charge >= 0.3 is 0 Å². The standard InChI is InChI=1S/C22H22N4O4/c27-20(25-9-11-30-12-10-25)15-26-14-18(17-6-1-2-7-19(17)26)21(28)22(29)24-13-16-5-3-4-8-23-16/h1-8,14H,9-13,15H2,(H,24,29). The summed E-state index contributed by atoms with van der Waals surface area (Å²) in [6, 6.07) is 12.6. The van der Waals surface area contributed by atoms with Gasteiger partial charge in [-0.05, 0) is 18.2 Å². The number of amides is 2. The van der Waals surface area contributed by atoms with E-state index < -0.39 is 11.7 Å². The number of aromatic nitrogens is 2. The normalized spacial score (nSPS) is 13.9. The fourth-order valence-electron chi connectivity index (χ4n) is 3.49. The van der Waals surface area contributed by atoms with Crippen molar-refractivity contribution in [2.24, 2.45) is 0 Å². The lowest BCUT2D eigenvalue weighted by Gasteiger charge is -2.27. The molecule has 3 heterocycles. The molecule has 1 fully saturated rings. The van der Waals surface area contributed by atoms with Gasteiger partial charge in [0.2, 0.25) is 5.91 Å². The quantitative estimate of drug-likeness (QED) is 0.493. The molecule has 1 aliphatic rings. The van der Waals surface area contributed by atoms with Crippen LogP contribution in [0, 0.1) is 0 Å². The summed E-state index contributed by atoms with van der Waals surface area (Å²) in [7, 11) is 0. The predicted octanol–water partition coefficient (Wildman–Crippen LogP) is 1.39. The van der Waals surface area contributed by atoms with Crippen LogP contribution in [0.2, 0.25) is 0 Å². The maximum atomic E-state index is 12.8. The number of rotatable bonds is 6. The van der Waals surface area contributed by atoms with Crippen molar-refractivity contribution >= 4 is 28.5 Å². The van der Waals surface area contributed by atoms with Crippen molar-refractivity contribution in [3.05, 3.63) is 66.1 Å². The molecule has 0 spiro atoms. The number of fused-ring (bicyclic) bond motifs is 1. The second kappa shape index (κ2) is 8.87. The number of ketones is 1. The Labute approximate surface area is 173 Å². The number of pyridine rings is 1. The molecule has 2 amide bonds. The summed E-state index contributed by atoms with van der Waals surface area (Å²) in [5, 5.41) is 3.26. The van der Waals surface area contributed by atoms with Crippen LogP contribution in [0.4, 0.5) is 0 Å². The van der Waals surface area contributed by atoms with Crippen molar-refractivity contribution in [2.45, 2.75) is 13.1 Å². The first kappa shape index (κ1) is 19.8. The van der Waals surface area contributed by atoms with Gasteiger partial charge in [0.25, 0.3) is 11.7 Å². The Morgan fingerprint density at radius 1 is 1.03 bits per heavy atom. The molecular formula is C22H22N4O4. The molecule has 1 aromatic carbocycles. The lowest BCUT2D eigenvalue weighted by molar-refractivity contribution is -0.135. The van der Waals surface area contributed by atoms with Crippen molar-refractivity contribution in [1.29, 1.82) is 0 Å². The van der Waals surface area contributed by atoms with Crippen LogP contribution in [-0.4, -0.2) is 58.4 Å². The van der Waals surface area contributed by atoms with Gasteiger partial charge in [-0.25, -0.2) is 0 Å². The van der Waals surface area contributed by atoms with Crippen molar-refractivity contribution in [2.75, 3.05) is 26.3 Å². The molecule has 154 valence electrons. The van der Waals surface area contributed by atoms with Crippen LogP contribution >= 0.6 is 0 Å². The van der Waals surface area contributed by atoms with Crippen LogP contribution < -0.4 is 5.32 Å². The summed E-state index contributed by atoms with van der Waals surface area (Å²) < 4.78 is 7.02. The number of benzene rings is 1. The predicted molar refractivity (Wildman–Crippen MR) is 110 cm³/mol. The summed E-state index contributed by atoms with van der Waals surface area (Å²) >= 11 is 0. The van der Waals surface area contributed by atoms with Crippen molar-refractivity contribution in [3.8, 4) is 0 Å². The van der Waals surface area contributed by atoms with Crippen LogP contribution in [0.1, 0.15) is 16.1 Å². The largest absolute Gasteiger partial charge is 0.378 e. The van der Waals surface area contributed by atoms with E-state index in [1.54, 1.807) is 46.1 Å². The third-order valence-electron chi connectivity index (χ3n) is 5.07. The Hall–Kier alpha value is -3.52. The topological polar surface area (TPSA) is 93.5 Å². The molecule has 30 heavy (non-hydrogen) atoms. The first-order valence-corrected chi connectivity index (χ1v) is 9.79. The molecule has 4 rings (SSSR count). The molecule has 1 N–H and O–H groups in total. The molecular weight excluding hydrogens is 384 g/mol. The number of Topliss-reactive ketones (excluding diaryl/α,β-unsaturated/α-hetero) is 1. The number of carbonyl (C=O) groups is 3. The van der Waals surface area contributed by atoms with Gasteiger partial charge in [-0.15, -0.1) is 0 Å². The van der Waals surface area contributed by atoms with E-state index in [1.807, 2.05) is 18.2 Å². The molecule has 1 aliphatic heterocycles. The van der Waals surface area contributed by atoms with Gasteiger partial charge in [-0.2, -0.15) is 0 Å². The number of hydrogen-bond acceptors (Lipinski definition) is 5. The molecule has 0 saturated carbocycles. The third kappa shape index (κ3) is 4.23. The average Bonchev–Trinajstić information content (AvgIpc) is 3.16. The van der Waals surface area contributed by atoms with Crippen LogP contribution in [0.5, 0.6) is 0 Å². The highest BCUT2D eigenvalue weighted by Crippen LogP contribution is 2.22. The van der Waals surface area contributed by atoms with Gasteiger partial charge in [0.15, 0.2) is 0 Å². The van der Waals surface area contributed by atoms with Gasteiger partial charge in [-0.1, -0.05) is 24.3 Å². The molecule has 0 atom stereocenters. The number of nitrogens with zero attached hydrogens (tertiary/aromatic N) is 3. The van der Waals surface area contributed by atoms with Gasteiger partial charge in [0.1, 0.15) is 6.54 Å². The molecule has 8 heteroatoms. The molecule has 3 aromatic rings. The Bertz CT molecular complexity index is 1070. The van der Waals surface area contributed by atoms with Gasteiger partial charge in [-0.3, -0.25) is 19.4 Å². The summed E-state index contributed by atoms with van der Waals surface area (Å²) in [5.41, 5.74) is 1.68. The zero-order chi connectivity index (χ0) is 20.9. The molecule has 8 nitrogen and oxygen atoms in total. The molecule has 0 unspecified atom stereocenters. The Balaban J connectivity index is 1.53. The highest BCUT2D eigenvalue weighted by molar-refractivity contribution is 6.45. The monoisotopic (exact) mass is 406 g/mol. The minimum atomic E-state index is -0.705. The molecule has 2 aromatic heterocycles. The van der Waals surface area contributed by atoms with E-state index in [0.29, 0.717) is 37.4 Å². The summed E-state index contributed by atoms with van der Waals surface area (Å²) in [5.74, 6) is -1.39. The Morgan fingerprint density at radius 3 is 2.57 bits per heavy atom. The summed E-state index contributed by atoms with van der Waals surface area (Å²) in [4.78, 5) is 43.8. The van der Waals surface area contributed by atoms with E-state index in [0.717, 1.165) is 5.52 Å². The van der Waals surface area contributed by atoms with E-state index in [4.69, 9.17) is 4.74 Å². The van der Waals surface area contributed by atoms with E-state index in [-0.39, 0.29) is 24.6 Å². The second-order valence-corrected chi connectivity index (χ2v) is 7.01. The summed E-state index contributed by atoms with van der Waals surface area (Å²) in [6.45, 7) is 2.43. The second-order valence-electron chi connectivity index (χ2n) is 7.01. The number of carbonyl (C=O) groups excluding carboxylic acids is 3. The zero-order valence-electron chi connectivity index (χ0n) is 16.4. The molecule has 0 aliphatic carbocycles. The Kier molecular flexibility index (Phi) is 5.85. The van der Waals surface area contributed by atoms with Crippen LogP contribution in [-0.2, 0) is 27.4 Å². The number of ether oxygens (including phenoxy) is 1. The number of morpholine rings is 1. The van der Waals surface area contributed by atoms with Crippen molar-refractivity contribution in [3.63, 3.8) is 0 Å². The maximum Gasteiger partial charge on any atom is 0.292 e. The van der Waals surface area contributed by atoms with Crippen molar-refractivity contribution < 1.29 is 19.1 Å². The highest BCUT2D eigenvalue weighted by atomic mass is 16.5. The minimum absolute atomic E-state index is 0.0438. The minimum Gasteiger partial charge on any atom is -0.378 e. The molecule has 0 bridgehead atoms. The SMILES string of the molecule is O=C(NCc1ccccn1)C(=O)c1cn(CC(=O)N2CCOCC2)c2ccccc12. The maximum absolute atomic E-state index is 12.8. The number of hydrogen-bond donors (Lipinski definition) is 1. The fraction of sp³-hybridized carbons (Fsp3) is 0.273. The van der Waals surface area contributed by atoms with Gasteiger partial charge in [0, 0.05) is 36.4 Å². The zero-order valence-corrected chi connectivity index (χ0v) is 16.4. The average molecular weight is 406 g/mol. The third-order valence-corrected chi connectivity index (χ3v) is 5.07. The van der Waals surface area contributed by atoms with Crippen LogP contribution in [0.15, 0.2) is 54.9 Å². The van der Waals surface area contributed by atoms with Gasteiger partial charge < -0.3 is 19.5 Å². The van der Waals surface area contributed by atoms with Crippen molar-refractivity contribution in [1.82, 2.24) is 19.8 Å². The van der Waals surface area contributed by atoms with E-state index in [2.05, 4.69) is 10.3 Å². The lowest BCUT2D eigenvalue weighted by Crippen LogP contribution is -2.42. The number of para-hydroxylation sites is 1. The summed E-state index contributed by atoms with van der Waals surface area (Å²) in [6.07, 6.45) is 3.22. The lowest BCUT2D eigenvalue weighted by atomic mass is 10.1. The first-order valence-electron chi connectivity index (χ1n) is 9.79. The van der Waals surface area contributed by atoms with E-state index in [9.17, 15) is 14.4 Å². The number of nitrogens with one attached hydrogen (secondary N) is 1. The molecule has 1 saturated heterocycles.